The van der Waals surface area contributed by atoms with Gasteiger partial charge in [0.05, 0.1) is 4.88 Å². The van der Waals surface area contributed by atoms with Gasteiger partial charge in [0.2, 0.25) is 0 Å². The normalized spacial score (nSPS) is 11.5. The topological polar surface area (TPSA) is 20.3 Å². The number of benzene rings is 3. The molecular weight excluding hydrogens is 707 g/mol. The van der Waals surface area contributed by atoms with Crippen molar-refractivity contribution in [2.75, 3.05) is 4.90 Å². The van der Waals surface area contributed by atoms with Gasteiger partial charge in [-0.15, -0.1) is 56.7 Å². The molecule has 0 aliphatic rings. The van der Waals surface area contributed by atoms with E-state index in [9.17, 15) is 4.79 Å². The second-order valence-corrected chi connectivity index (χ2v) is 16.7. The fraction of sp³-hybridized carbons (Fsp3) is 0. The Labute approximate surface area is 311 Å². The molecular formula is C43H29NOS5. The lowest BCUT2D eigenvalue weighted by atomic mass is 10.1. The highest BCUT2D eigenvalue weighted by Crippen LogP contribution is 2.40. The lowest BCUT2D eigenvalue weighted by molar-refractivity contribution is 0.112. The summed E-state index contributed by atoms with van der Waals surface area (Å²) in [5, 5.41) is 4.21. The van der Waals surface area contributed by atoms with Crippen LogP contribution in [0.1, 0.15) is 29.2 Å². The lowest BCUT2D eigenvalue weighted by Crippen LogP contribution is -2.09. The van der Waals surface area contributed by atoms with Crippen LogP contribution in [0, 0.1) is 0 Å². The fourth-order valence-corrected chi connectivity index (χ4v) is 9.54. The van der Waals surface area contributed by atoms with Crippen LogP contribution in [-0.2, 0) is 0 Å². The van der Waals surface area contributed by atoms with Crippen molar-refractivity contribution in [3.05, 3.63) is 169 Å². The monoisotopic (exact) mass is 735 g/mol. The summed E-state index contributed by atoms with van der Waals surface area (Å²) in [6.45, 7) is 0. The molecule has 0 bridgehead atoms. The van der Waals surface area contributed by atoms with Gasteiger partial charge in [0.25, 0.3) is 0 Å². The Kier molecular flexibility index (Phi) is 9.65. The van der Waals surface area contributed by atoms with Crippen molar-refractivity contribution in [1.29, 1.82) is 0 Å². The second-order valence-electron chi connectivity index (χ2n) is 11.4. The lowest BCUT2D eigenvalue weighted by Gasteiger charge is -2.26. The zero-order chi connectivity index (χ0) is 33.7. The molecule has 0 N–H and O–H groups in total. The van der Waals surface area contributed by atoms with E-state index in [4.69, 9.17) is 0 Å². The third-order valence-corrected chi connectivity index (χ3v) is 13.1. The summed E-state index contributed by atoms with van der Waals surface area (Å²) in [6.07, 6.45) is 9.66. The molecule has 2 nitrogen and oxygen atoms in total. The molecule has 0 radical (unpaired) electrons. The van der Waals surface area contributed by atoms with Crippen molar-refractivity contribution < 1.29 is 4.79 Å². The molecule has 5 heterocycles. The van der Waals surface area contributed by atoms with Crippen molar-refractivity contribution in [2.45, 2.75) is 0 Å². The Hall–Kier alpha value is -4.89. The number of carbonyl (C=O) groups excluding carboxylic acids is 1. The van der Waals surface area contributed by atoms with Crippen molar-refractivity contribution >= 4 is 104 Å². The highest BCUT2D eigenvalue weighted by atomic mass is 32.1. The molecule has 0 unspecified atom stereocenters. The van der Waals surface area contributed by atoms with Gasteiger partial charge >= 0.3 is 0 Å². The molecule has 0 aliphatic carbocycles. The van der Waals surface area contributed by atoms with Gasteiger partial charge < -0.3 is 4.90 Å². The summed E-state index contributed by atoms with van der Waals surface area (Å²) in [4.78, 5) is 22.9. The van der Waals surface area contributed by atoms with Gasteiger partial charge in [-0.1, -0.05) is 48.5 Å². The summed E-state index contributed by atoms with van der Waals surface area (Å²) in [5.41, 5.74) is 6.73. The quantitative estimate of drug-likeness (QED) is 0.123. The molecule has 0 aliphatic heterocycles. The molecule has 8 rings (SSSR count). The van der Waals surface area contributed by atoms with E-state index in [1.807, 2.05) is 12.1 Å². The zero-order valence-corrected chi connectivity index (χ0v) is 30.7. The van der Waals surface area contributed by atoms with Crippen LogP contribution >= 0.6 is 56.7 Å². The van der Waals surface area contributed by atoms with Crippen LogP contribution in [0.5, 0.6) is 0 Å². The van der Waals surface area contributed by atoms with E-state index in [2.05, 4.69) is 161 Å². The Morgan fingerprint density at radius 2 is 0.740 bits per heavy atom. The number of hydrogen-bond acceptors (Lipinski definition) is 7. The van der Waals surface area contributed by atoms with Crippen molar-refractivity contribution in [3.63, 3.8) is 0 Å². The second kappa shape index (κ2) is 14.9. The average Bonchev–Trinajstić information content (AvgIpc) is 4.01. The predicted molar refractivity (Wildman–Crippen MR) is 223 cm³/mol. The zero-order valence-electron chi connectivity index (χ0n) is 26.6. The van der Waals surface area contributed by atoms with E-state index in [-0.39, 0.29) is 0 Å². The maximum absolute atomic E-state index is 11.3. The summed E-state index contributed by atoms with van der Waals surface area (Å²) in [5.74, 6) is 0. The van der Waals surface area contributed by atoms with E-state index in [1.54, 1.807) is 45.3 Å². The molecule has 50 heavy (non-hydrogen) atoms. The first-order valence-corrected chi connectivity index (χ1v) is 20.2. The van der Waals surface area contributed by atoms with Crippen LogP contribution in [0.3, 0.4) is 0 Å². The Morgan fingerprint density at radius 3 is 1.08 bits per heavy atom. The number of hydrogen-bond donors (Lipinski definition) is 0. The molecule has 8 aromatic rings. The number of carbonyl (C=O) groups is 1. The third kappa shape index (κ3) is 7.33. The minimum absolute atomic E-state index is 0.735. The first-order chi connectivity index (χ1) is 24.7. The standard InChI is InChI=1S/C43H29NOS5/c45-29-40-23-26-43(50-40)32-9-15-35(16-10-32)44(33-11-5-30(6-12-33)41-24-21-38(48-41)19-17-36-3-1-27-46-36)34-13-7-31(8-14-34)42-25-22-39(49-42)20-18-37-4-2-28-47-37/h1-29H. The predicted octanol–water partition coefficient (Wildman–Crippen LogP) is 14.6. The van der Waals surface area contributed by atoms with Gasteiger partial charge in [-0.05, 0) is 137 Å². The van der Waals surface area contributed by atoms with Crippen LogP contribution in [-0.4, -0.2) is 6.29 Å². The van der Waals surface area contributed by atoms with Crippen LogP contribution < -0.4 is 4.90 Å². The van der Waals surface area contributed by atoms with Crippen molar-refractivity contribution in [3.8, 4) is 31.3 Å². The van der Waals surface area contributed by atoms with Crippen LogP contribution in [0.4, 0.5) is 17.1 Å². The molecule has 0 saturated heterocycles. The smallest absolute Gasteiger partial charge is 0.160 e. The van der Waals surface area contributed by atoms with Crippen molar-refractivity contribution in [2.24, 2.45) is 0 Å². The number of thiophene rings is 5. The molecule has 242 valence electrons. The van der Waals surface area contributed by atoms with Gasteiger partial charge in [0, 0.05) is 51.2 Å². The number of rotatable bonds is 11. The summed E-state index contributed by atoms with van der Waals surface area (Å²) < 4.78 is 0. The Morgan fingerprint density at radius 1 is 0.380 bits per heavy atom. The van der Waals surface area contributed by atoms with E-state index in [0.29, 0.717) is 0 Å². The molecule has 0 atom stereocenters. The number of aldehydes is 1. The fourth-order valence-electron chi connectivity index (χ4n) is 5.64. The maximum Gasteiger partial charge on any atom is 0.160 e. The first-order valence-electron chi connectivity index (χ1n) is 16.0. The molecule has 0 amide bonds. The van der Waals surface area contributed by atoms with Crippen LogP contribution in [0.2, 0.25) is 0 Å². The van der Waals surface area contributed by atoms with Gasteiger partial charge in [0.1, 0.15) is 0 Å². The van der Waals surface area contributed by atoms with Gasteiger partial charge in [-0.25, -0.2) is 0 Å². The van der Waals surface area contributed by atoms with E-state index in [1.165, 1.54) is 51.7 Å². The van der Waals surface area contributed by atoms with E-state index < -0.39 is 0 Å². The highest BCUT2D eigenvalue weighted by Gasteiger charge is 2.15. The third-order valence-electron chi connectivity index (χ3n) is 8.14. The average molecular weight is 736 g/mol. The number of nitrogens with zero attached hydrogens (tertiary/aromatic N) is 1. The first kappa shape index (κ1) is 32.3. The van der Waals surface area contributed by atoms with Crippen LogP contribution in [0.15, 0.2) is 144 Å². The summed E-state index contributed by atoms with van der Waals surface area (Å²) in [6, 6.07) is 47.4. The Bertz CT molecular complexity index is 2240. The highest BCUT2D eigenvalue weighted by molar-refractivity contribution is 7.17. The van der Waals surface area contributed by atoms with Gasteiger partial charge in [-0.3, -0.25) is 4.79 Å². The van der Waals surface area contributed by atoms with Gasteiger partial charge in [0.15, 0.2) is 6.29 Å². The molecule has 7 heteroatoms. The maximum atomic E-state index is 11.3. The Balaban J connectivity index is 1.08. The molecule has 5 aromatic heterocycles. The molecule has 3 aromatic carbocycles. The summed E-state index contributed by atoms with van der Waals surface area (Å²) in [7, 11) is 0. The van der Waals surface area contributed by atoms with Crippen LogP contribution in [0.25, 0.3) is 55.6 Å². The SMILES string of the molecule is O=Cc1ccc(-c2ccc(N(c3ccc(-c4ccc(C=Cc5cccs5)s4)cc3)c3ccc(-c4ccc(C=Cc5cccs5)s4)cc3)cc2)s1. The minimum atomic E-state index is 0.735. The number of anilines is 3. The molecule has 0 fully saturated rings. The summed E-state index contributed by atoms with van der Waals surface area (Å²) >= 11 is 8.61. The van der Waals surface area contributed by atoms with E-state index >= 15 is 0 Å². The van der Waals surface area contributed by atoms with Crippen molar-refractivity contribution in [1.82, 2.24) is 0 Å². The van der Waals surface area contributed by atoms with Gasteiger partial charge in [-0.2, -0.15) is 0 Å². The molecule has 0 saturated carbocycles. The minimum Gasteiger partial charge on any atom is -0.311 e. The largest absolute Gasteiger partial charge is 0.311 e. The molecule has 0 spiro atoms. The van der Waals surface area contributed by atoms with E-state index in [0.717, 1.165) is 38.7 Å².